The predicted molar refractivity (Wildman–Crippen MR) is 99.3 cm³/mol. The van der Waals surface area contributed by atoms with Crippen molar-refractivity contribution < 1.29 is 5.11 Å². The maximum absolute atomic E-state index is 12.5. The molecule has 1 unspecified atom stereocenters. The highest BCUT2D eigenvalue weighted by atomic mass is 35.5. The molecule has 3 aromatic rings. The Morgan fingerprint density at radius 1 is 1.08 bits per heavy atom. The van der Waals surface area contributed by atoms with E-state index in [-0.39, 0.29) is 11.4 Å². The zero-order chi connectivity index (χ0) is 18.3. The molecule has 0 spiro atoms. The van der Waals surface area contributed by atoms with E-state index >= 15 is 0 Å². The molecule has 26 heavy (non-hydrogen) atoms. The first kappa shape index (κ1) is 16.6. The molecule has 0 aliphatic carbocycles. The third-order valence-electron chi connectivity index (χ3n) is 4.60. The Morgan fingerprint density at radius 3 is 2.58 bits per heavy atom. The van der Waals surface area contributed by atoms with Crippen molar-refractivity contribution in [2.24, 2.45) is 0 Å². The SMILES string of the molecule is O=c1[nH]c(=O)n(-c2ccc(Cl)cc2)c(O)c1C1NCCc2ccccc21. The molecule has 0 fully saturated rings. The molecule has 1 aliphatic heterocycles. The number of rotatable bonds is 2. The van der Waals surface area contributed by atoms with Crippen molar-refractivity contribution in [1.82, 2.24) is 14.9 Å². The van der Waals surface area contributed by atoms with Crippen LogP contribution in [0.4, 0.5) is 0 Å². The van der Waals surface area contributed by atoms with Crippen LogP contribution in [0.25, 0.3) is 5.69 Å². The van der Waals surface area contributed by atoms with Crippen molar-refractivity contribution >= 4 is 11.6 Å². The lowest BCUT2D eigenvalue weighted by Gasteiger charge is -2.27. The van der Waals surface area contributed by atoms with Gasteiger partial charge in [-0.3, -0.25) is 9.78 Å². The summed E-state index contributed by atoms with van der Waals surface area (Å²) in [5.74, 6) is -0.379. The molecule has 2 aromatic carbocycles. The quantitative estimate of drug-likeness (QED) is 0.645. The number of nitrogens with one attached hydrogen (secondary N) is 2. The van der Waals surface area contributed by atoms with Crippen LogP contribution in [0.3, 0.4) is 0 Å². The Bertz CT molecular complexity index is 1090. The van der Waals surface area contributed by atoms with E-state index in [2.05, 4.69) is 10.3 Å². The van der Waals surface area contributed by atoms with E-state index in [1.165, 1.54) is 0 Å². The van der Waals surface area contributed by atoms with Crippen LogP contribution in [0.15, 0.2) is 58.1 Å². The largest absolute Gasteiger partial charge is 0.494 e. The van der Waals surface area contributed by atoms with Gasteiger partial charge in [0.15, 0.2) is 0 Å². The van der Waals surface area contributed by atoms with Crippen LogP contribution in [-0.2, 0) is 6.42 Å². The smallest absolute Gasteiger partial charge is 0.335 e. The van der Waals surface area contributed by atoms with E-state index < -0.39 is 17.3 Å². The van der Waals surface area contributed by atoms with Gasteiger partial charge in [-0.2, -0.15) is 0 Å². The summed E-state index contributed by atoms with van der Waals surface area (Å²) in [6, 6.07) is 13.7. The fraction of sp³-hybridized carbons (Fsp3) is 0.158. The number of hydrogen-bond donors (Lipinski definition) is 3. The predicted octanol–water partition coefficient (Wildman–Crippen LogP) is 2.12. The first-order valence-electron chi connectivity index (χ1n) is 8.21. The normalized spacial score (nSPS) is 16.3. The van der Waals surface area contributed by atoms with Gasteiger partial charge in [0.1, 0.15) is 0 Å². The summed E-state index contributed by atoms with van der Waals surface area (Å²) < 4.78 is 1.08. The summed E-state index contributed by atoms with van der Waals surface area (Å²) in [6.07, 6.45) is 0.835. The van der Waals surface area contributed by atoms with Crippen LogP contribution in [-0.4, -0.2) is 21.2 Å². The van der Waals surface area contributed by atoms with Gasteiger partial charge in [0.05, 0.1) is 17.3 Å². The highest BCUT2D eigenvalue weighted by molar-refractivity contribution is 6.30. The second kappa shape index (κ2) is 6.48. The fourth-order valence-corrected chi connectivity index (χ4v) is 3.52. The molecule has 4 rings (SSSR count). The van der Waals surface area contributed by atoms with Crippen LogP contribution in [0.1, 0.15) is 22.7 Å². The Kier molecular flexibility index (Phi) is 4.14. The van der Waals surface area contributed by atoms with Gasteiger partial charge in [0.2, 0.25) is 5.88 Å². The molecule has 3 N–H and O–H groups in total. The van der Waals surface area contributed by atoms with Crippen LogP contribution in [0, 0.1) is 0 Å². The van der Waals surface area contributed by atoms with Crippen molar-refractivity contribution in [2.45, 2.75) is 12.5 Å². The van der Waals surface area contributed by atoms with Gasteiger partial charge < -0.3 is 10.4 Å². The van der Waals surface area contributed by atoms with Gasteiger partial charge >= 0.3 is 5.69 Å². The number of nitrogens with zero attached hydrogens (tertiary/aromatic N) is 1. The van der Waals surface area contributed by atoms with Crippen LogP contribution in [0.2, 0.25) is 5.02 Å². The van der Waals surface area contributed by atoms with Gasteiger partial charge in [-0.15, -0.1) is 0 Å². The minimum Gasteiger partial charge on any atom is -0.494 e. The fourth-order valence-electron chi connectivity index (χ4n) is 3.39. The van der Waals surface area contributed by atoms with Gasteiger partial charge in [0, 0.05) is 11.6 Å². The molecule has 2 heterocycles. The monoisotopic (exact) mass is 369 g/mol. The minimum absolute atomic E-state index is 0.117. The van der Waals surface area contributed by atoms with E-state index in [1.807, 2.05) is 24.3 Å². The zero-order valence-corrected chi connectivity index (χ0v) is 14.5. The standard InChI is InChI=1S/C19H16ClN3O3/c20-12-5-7-13(8-6-12)23-18(25)15(17(24)22-19(23)26)16-14-4-2-1-3-11(14)9-10-21-16/h1-8,16,21,25H,9-10H2,(H,22,24,26). The molecule has 0 amide bonds. The Balaban J connectivity index is 1.94. The summed E-state index contributed by atoms with van der Waals surface area (Å²) in [4.78, 5) is 27.1. The van der Waals surface area contributed by atoms with E-state index in [0.717, 1.165) is 22.1 Å². The van der Waals surface area contributed by atoms with E-state index in [9.17, 15) is 14.7 Å². The molecular weight excluding hydrogens is 354 g/mol. The third kappa shape index (κ3) is 2.73. The lowest BCUT2D eigenvalue weighted by atomic mass is 9.90. The zero-order valence-electron chi connectivity index (χ0n) is 13.7. The highest BCUT2D eigenvalue weighted by Gasteiger charge is 2.28. The Labute approximate surface area is 153 Å². The lowest BCUT2D eigenvalue weighted by Crippen LogP contribution is -2.38. The number of aromatic nitrogens is 2. The topological polar surface area (TPSA) is 87.1 Å². The molecule has 0 bridgehead atoms. The molecule has 1 atom stereocenters. The van der Waals surface area contributed by atoms with Gasteiger partial charge in [-0.1, -0.05) is 35.9 Å². The maximum atomic E-state index is 12.5. The lowest BCUT2D eigenvalue weighted by molar-refractivity contribution is 0.410. The average molecular weight is 370 g/mol. The Morgan fingerprint density at radius 2 is 1.81 bits per heavy atom. The second-order valence-electron chi connectivity index (χ2n) is 6.14. The molecule has 7 heteroatoms. The summed E-state index contributed by atoms with van der Waals surface area (Å²) in [7, 11) is 0. The molecular formula is C19H16ClN3O3. The number of aromatic hydroxyl groups is 1. The number of halogens is 1. The molecule has 0 radical (unpaired) electrons. The summed E-state index contributed by atoms with van der Waals surface area (Å²) in [5.41, 5.74) is 1.25. The summed E-state index contributed by atoms with van der Waals surface area (Å²) in [6.45, 7) is 0.667. The minimum atomic E-state index is -0.706. The van der Waals surface area contributed by atoms with Gasteiger partial charge in [-0.25, -0.2) is 9.36 Å². The highest BCUT2D eigenvalue weighted by Crippen LogP contribution is 2.31. The van der Waals surface area contributed by atoms with Gasteiger partial charge in [-0.05, 0) is 41.8 Å². The molecule has 6 nitrogen and oxygen atoms in total. The molecule has 0 saturated heterocycles. The Hall–Kier alpha value is -2.83. The van der Waals surface area contributed by atoms with Crippen molar-refractivity contribution in [1.29, 1.82) is 0 Å². The number of fused-ring (bicyclic) bond motifs is 1. The van der Waals surface area contributed by atoms with E-state index in [0.29, 0.717) is 17.3 Å². The van der Waals surface area contributed by atoms with Crippen molar-refractivity contribution in [3.63, 3.8) is 0 Å². The number of hydrogen-bond acceptors (Lipinski definition) is 4. The first-order valence-corrected chi connectivity index (χ1v) is 8.59. The first-order chi connectivity index (χ1) is 12.6. The van der Waals surface area contributed by atoms with Crippen molar-refractivity contribution in [3.05, 3.63) is 91.1 Å². The van der Waals surface area contributed by atoms with E-state index in [4.69, 9.17) is 11.6 Å². The van der Waals surface area contributed by atoms with E-state index in [1.54, 1.807) is 24.3 Å². The maximum Gasteiger partial charge on any atom is 0.335 e. The molecule has 1 aromatic heterocycles. The summed E-state index contributed by atoms with van der Waals surface area (Å²) in [5, 5.41) is 14.6. The second-order valence-corrected chi connectivity index (χ2v) is 6.58. The molecule has 132 valence electrons. The average Bonchev–Trinajstić information content (AvgIpc) is 2.63. The van der Waals surface area contributed by atoms with Crippen molar-refractivity contribution in [3.8, 4) is 11.6 Å². The van der Waals surface area contributed by atoms with Crippen LogP contribution < -0.4 is 16.6 Å². The van der Waals surface area contributed by atoms with Crippen LogP contribution >= 0.6 is 11.6 Å². The molecule has 0 saturated carbocycles. The number of aromatic amines is 1. The van der Waals surface area contributed by atoms with Crippen LogP contribution in [0.5, 0.6) is 5.88 Å². The number of benzene rings is 2. The third-order valence-corrected chi connectivity index (χ3v) is 4.86. The van der Waals surface area contributed by atoms with Gasteiger partial charge in [0.25, 0.3) is 5.56 Å². The summed E-state index contributed by atoms with van der Waals surface area (Å²) >= 11 is 5.90. The van der Waals surface area contributed by atoms with Crippen molar-refractivity contribution in [2.75, 3.05) is 6.54 Å². The number of H-pyrrole nitrogens is 1. The molecule has 1 aliphatic rings.